The summed E-state index contributed by atoms with van der Waals surface area (Å²) in [5.41, 5.74) is 0.661. The molecule has 2 aromatic rings. The second-order valence-electron chi connectivity index (χ2n) is 3.82. The molecule has 0 bridgehead atoms. The average Bonchev–Trinajstić information content (AvgIpc) is 3.00. The van der Waals surface area contributed by atoms with Gasteiger partial charge in [0.1, 0.15) is 0 Å². The molecular formula is C14H13NO4S. The van der Waals surface area contributed by atoms with Crippen molar-refractivity contribution in [1.29, 1.82) is 0 Å². The number of hydrogen-bond acceptors (Lipinski definition) is 5. The number of methoxy groups -OCH3 is 1. The Kier molecular flexibility index (Phi) is 4.84. The Balaban J connectivity index is 1.91. The number of carbonyl (C=O) groups excluding carboxylic acids is 2. The predicted octanol–water partition coefficient (Wildman–Crippen LogP) is 2.80. The van der Waals surface area contributed by atoms with Gasteiger partial charge >= 0.3 is 5.97 Å². The molecule has 0 unspecified atom stereocenters. The number of anilines is 1. The maximum absolute atomic E-state index is 11.7. The van der Waals surface area contributed by atoms with E-state index >= 15 is 0 Å². The highest BCUT2D eigenvalue weighted by Gasteiger charge is 2.08. The van der Waals surface area contributed by atoms with Gasteiger partial charge in [-0.05, 0) is 36.4 Å². The van der Waals surface area contributed by atoms with Gasteiger partial charge in [-0.25, -0.2) is 0 Å². The number of esters is 1. The van der Waals surface area contributed by atoms with Crippen LogP contribution >= 0.6 is 11.8 Å². The van der Waals surface area contributed by atoms with Gasteiger partial charge in [-0.2, -0.15) is 0 Å². The van der Waals surface area contributed by atoms with Crippen LogP contribution in [0.2, 0.25) is 0 Å². The zero-order valence-corrected chi connectivity index (χ0v) is 11.6. The second-order valence-corrected chi connectivity index (χ2v) is 4.87. The SMILES string of the molecule is COC(=O)CSc1ccc(NC(=O)c2ccco2)cc1. The van der Waals surface area contributed by atoms with Crippen LogP contribution in [0.5, 0.6) is 0 Å². The van der Waals surface area contributed by atoms with Gasteiger partial charge in [0, 0.05) is 10.6 Å². The first-order chi connectivity index (χ1) is 9.69. The van der Waals surface area contributed by atoms with E-state index in [2.05, 4.69) is 10.1 Å². The minimum absolute atomic E-state index is 0.258. The van der Waals surface area contributed by atoms with Gasteiger partial charge in [0.2, 0.25) is 0 Å². The van der Waals surface area contributed by atoms with Crippen molar-refractivity contribution in [3.05, 3.63) is 48.4 Å². The lowest BCUT2D eigenvalue weighted by Crippen LogP contribution is -2.10. The van der Waals surface area contributed by atoms with Crippen LogP contribution in [0, 0.1) is 0 Å². The van der Waals surface area contributed by atoms with Crippen molar-refractivity contribution in [2.24, 2.45) is 0 Å². The van der Waals surface area contributed by atoms with E-state index in [1.165, 1.54) is 25.1 Å². The van der Waals surface area contributed by atoms with Crippen molar-refractivity contribution in [2.75, 3.05) is 18.2 Å². The molecule has 0 saturated heterocycles. The molecule has 104 valence electrons. The predicted molar refractivity (Wildman–Crippen MR) is 75.8 cm³/mol. The molecule has 0 radical (unpaired) electrons. The molecular weight excluding hydrogens is 278 g/mol. The third-order valence-corrected chi connectivity index (χ3v) is 3.43. The molecule has 0 spiro atoms. The van der Waals surface area contributed by atoms with Crippen LogP contribution in [0.3, 0.4) is 0 Å². The molecule has 0 fully saturated rings. The maximum atomic E-state index is 11.7. The summed E-state index contributed by atoms with van der Waals surface area (Å²) in [6.45, 7) is 0. The number of ether oxygens (including phenoxy) is 1. The molecule has 0 saturated carbocycles. The van der Waals surface area contributed by atoms with Crippen LogP contribution in [0.15, 0.2) is 52.0 Å². The lowest BCUT2D eigenvalue weighted by atomic mass is 10.3. The molecule has 0 aliphatic carbocycles. The molecule has 1 N–H and O–H groups in total. The summed E-state index contributed by atoms with van der Waals surface area (Å²) in [6, 6.07) is 10.4. The maximum Gasteiger partial charge on any atom is 0.315 e. The number of rotatable bonds is 5. The van der Waals surface area contributed by atoms with Crippen LogP contribution in [-0.4, -0.2) is 24.7 Å². The topological polar surface area (TPSA) is 68.5 Å². The zero-order valence-electron chi connectivity index (χ0n) is 10.8. The van der Waals surface area contributed by atoms with Crippen LogP contribution in [0.1, 0.15) is 10.6 Å². The highest BCUT2D eigenvalue weighted by atomic mass is 32.2. The van der Waals surface area contributed by atoms with E-state index in [1.807, 2.05) is 12.1 Å². The van der Waals surface area contributed by atoms with Crippen LogP contribution in [0.4, 0.5) is 5.69 Å². The summed E-state index contributed by atoms with van der Waals surface area (Å²) in [7, 11) is 1.36. The first kappa shape index (κ1) is 14.2. The molecule has 0 atom stereocenters. The van der Waals surface area contributed by atoms with Gasteiger partial charge in [0.05, 0.1) is 19.1 Å². The second kappa shape index (κ2) is 6.81. The van der Waals surface area contributed by atoms with E-state index < -0.39 is 0 Å². The van der Waals surface area contributed by atoms with Gasteiger partial charge in [-0.15, -0.1) is 11.8 Å². The summed E-state index contributed by atoms with van der Waals surface area (Å²) in [5, 5.41) is 2.71. The van der Waals surface area contributed by atoms with Gasteiger partial charge in [-0.3, -0.25) is 9.59 Å². The van der Waals surface area contributed by atoms with Crippen molar-refractivity contribution < 1.29 is 18.7 Å². The highest BCUT2D eigenvalue weighted by molar-refractivity contribution is 8.00. The van der Waals surface area contributed by atoms with E-state index in [0.717, 1.165) is 4.90 Å². The number of carbonyl (C=O) groups is 2. The molecule has 2 rings (SSSR count). The van der Waals surface area contributed by atoms with Crippen molar-refractivity contribution in [3.63, 3.8) is 0 Å². The van der Waals surface area contributed by atoms with Crippen LogP contribution in [-0.2, 0) is 9.53 Å². The third kappa shape index (κ3) is 3.89. The Morgan fingerprint density at radius 1 is 1.25 bits per heavy atom. The van der Waals surface area contributed by atoms with E-state index in [4.69, 9.17) is 4.42 Å². The molecule has 1 heterocycles. The monoisotopic (exact) mass is 291 g/mol. The van der Waals surface area contributed by atoms with Gasteiger partial charge < -0.3 is 14.5 Å². The molecule has 6 heteroatoms. The van der Waals surface area contributed by atoms with Crippen LogP contribution in [0.25, 0.3) is 0 Å². The fraction of sp³-hybridized carbons (Fsp3) is 0.143. The normalized spacial score (nSPS) is 10.1. The number of thioether (sulfide) groups is 1. The van der Waals surface area contributed by atoms with Gasteiger partial charge in [0.25, 0.3) is 5.91 Å². The lowest BCUT2D eigenvalue weighted by molar-refractivity contribution is -0.137. The molecule has 0 aliphatic heterocycles. The number of benzene rings is 1. The summed E-state index contributed by atoms with van der Waals surface area (Å²) < 4.78 is 9.56. The molecule has 0 aliphatic rings. The van der Waals surface area contributed by atoms with E-state index in [9.17, 15) is 9.59 Å². The number of nitrogens with one attached hydrogen (secondary N) is 1. The van der Waals surface area contributed by atoms with Gasteiger partial charge in [-0.1, -0.05) is 0 Å². The Bertz CT molecular complexity index is 578. The molecule has 1 aromatic carbocycles. The van der Waals surface area contributed by atoms with E-state index in [-0.39, 0.29) is 23.4 Å². The summed E-state index contributed by atoms with van der Waals surface area (Å²) in [5.74, 6) is -0.0569. The Morgan fingerprint density at radius 3 is 2.60 bits per heavy atom. The fourth-order valence-electron chi connectivity index (χ4n) is 1.44. The Morgan fingerprint density at radius 2 is 2.00 bits per heavy atom. The molecule has 1 amide bonds. The van der Waals surface area contributed by atoms with Crippen LogP contribution < -0.4 is 5.32 Å². The largest absolute Gasteiger partial charge is 0.468 e. The number of amides is 1. The first-order valence-corrected chi connectivity index (χ1v) is 6.82. The minimum Gasteiger partial charge on any atom is -0.468 e. The van der Waals surface area contributed by atoms with E-state index in [1.54, 1.807) is 24.3 Å². The fourth-order valence-corrected chi connectivity index (χ4v) is 2.17. The summed E-state index contributed by atoms with van der Waals surface area (Å²) in [4.78, 5) is 23.7. The van der Waals surface area contributed by atoms with Crippen molar-refractivity contribution in [1.82, 2.24) is 0 Å². The van der Waals surface area contributed by atoms with Crippen molar-refractivity contribution in [3.8, 4) is 0 Å². The van der Waals surface area contributed by atoms with Crippen molar-refractivity contribution >= 4 is 29.3 Å². The summed E-state index contributed by atoms with van der Waals surface area (Å²) >= 11 is 1.37. The zero-order chi connectivity index (χ0) is 14.4. The average molecular weight is 291 g/mol. The first-order valence-electron chi connectivity index (χ1n) is 5.83. The molecule has 5 nitrogen and oxygen atoms in total. The standard InChI is InChI=1S/C14H13NO4S/c1-18-13(16)9-20-11-6-4-10(5-7-11)15-14(17)12-3-2-8-19-12/h2-8H,9H2,1H3,(H,15,17). The quantitative estimate of drug-likeness (QED) is 0.677. The Hall–Kier alpha value is -2.21. The molecule has 1 aromatic heterocycles. The number of furan rings is 1. The van der Waals surface area contributed by atoms with Gasteiger partial charge in [0.15, 0.2) is 5.76 Å². The number of hydrogen-bond donors (Lipinski definition) is 1. The lowest BCUT2D eigenvalue weighted by Gasteiger charge is -2.05. The van der Waals surface area contributed by atoms with Crippen molar-refractivity contribution in [2.45, 2.75) is 4.90 Å². The van der Waals surface area contributed by atoms with E-state index in [0.29, 0.717) is 5.69 Å². The summed E-state index contributed by atoms with van der Waals surface area (Å²) in [6.07, 6.45) is 1.45. The highest BCUT2D eigenvalue weighted by Crippen LogP contribution is 2.20. The molecule has 20 heavy (non-hydrogen) atoms. The smallest absolute Gasteiger partial charge is 0.315 e. The Labute approximate surface area is 120 Å². The third-order valence-electron chi connectivity index (χ3n) is 2.44. The minimum atomic E-state index is -0.301.